The Morgan fingerprint density at radius 3 is 2.94 bits per heavy atom. The summed E-state index contributed by atoms with van der Waals surface area (Å²) in [5, 5.41) is 4.08. The predicted octanol–water partition coefficient (Wildman–Crippen LogP) is 2.83. The van der Waals surface area contributed by atoms with E-state index >= 15 is 0 Å². The summed E-state index contributed by atoms with van der Waals surface area (Å²) >= 11 is 0. The van der Waals surface area contributed by atoms with Crippen LogP contribution in [0.25, 0.3) is 28.1 Å². The summed E-state index contributed by atoms with van der Waals surface area (Å²) in [6, 6.07) is 4.35. The van der Waals surface area contributed by atoms with Crippen molar-refractivity contribution in [3.05, 3.63) is 46.6 Å². The molecule has 4 aromatic rings. The van der Waals surface area contributed by atoms with E-state index in [9.17, 15) is 9.18 Å². The van der Waals surface area contributed by atoms with Gasteiger partial charge in [0.25, 0.3) is 5.56 Å². The monoisotopic (exact) mass is 425 g/mol. The van der Waals surface area contributed by atoms with Crippen molar-refractivity contribution >= 4 is 16.6 Å². The fraction of sp³-hybridized carbons (Fsp3) is 0.429. The molecule has 3 aromatic heterocycles. The van der Waals surface area contributed by atoms with Gasteiger partial charge < -0.3 is 14.0 Å². The second kappa shape index (κ2) is 6.69. The Morgan fingerprint density at radius 1 is 1.26 bits per heavy atom. The largest absolute Gasteiger partial charge is 0.381 e. The molecule has 10 heteroatoms. The van der Waals surface area contributed by atoms with E-state index in [0.717, 1.165) is 12.8 Å². The average molecular weight is 425 g/mol. The quantitative estimate of drug-likeness (QED) is 0.498. The van der Waals surface area contributed by atoms with Crippen LogP contribution in [0.15, 0.2) is 33.8 Å². The van der Waals surface area contributed by atoms with Crippen molar-refractivity contribution in [2.75, 3.05) is 19.8 Å². The summed E-state index contributed by atoms with van der Waals surface area (Å²) in [6.45, 7) is 3.57. The molecule has 6 rings (SSSR count). The van der Waals surface area contributed by atoms with Crippen molar-refractivity contribution in [3.63, 3.8) is 0 Å². The molecule has 160 valence electrons. The molecule has 2 aliphatic heterocycles. The first-order chi connectivity index (χ1) is 15.0. The van der Waals surface area contributed by atoms with Crippen LogP contribution in [0.4, 0.5) is 4.39 Å². The fourth-order valence-electron chi connectivity index (χ4n) is 4.63. The average Bonchev–Trinajstić information content (AvgIpc) is 3.53. The van der Waals surface area contributed by atoms with Crippen LogP contribution < -0.4 is 5.56 Å². The zero-order chi connectivity index (χ0) is 21.2. The molecule has 2 fully saturated rings. The lowest BCUT2D eigenvalue weighted by Gasteiger charge is -2.28. The van der Waals surface area contributed by atoms with Crippen molar-refractivity contribution in [1.82, 2.24) is 24.1 Å². The topological polar surface area (TPSA) is 96.7 Å². The lowest BCUT2D eigenvalue weighted by molar-refractivity contribution is -0.0447. The van der Waals surface area contributed by atoms with E-state index in [1.807, 2.05) is 6.92 Å². The summed E-state index contributed by atoms with van der Waals surface area (Å²) in [4.78, 5) is 22.7. The van der Waals surface area contributed by atoms with Crippen LogP contribution in [-0.4, -0.2) is 43.9 Å². The lowest BCUT2D eigenvalue weighted by Crippen LogP contribution is -2.39. The van der Waals surface area contributed by atoms with E-state index in [0.29, 0.717) is 54.4 Å². The predicted molar refractivity (Wildman–Crippen MR) is 107 cm³/mol. The number of ether oxygens (including phenoxy) is 2. The van der Waals surface area contributed by atoms with Crippen LogP contribution in [-0.2, 0) is 15.2 Å². The number of aromatic nitrogens is 5. The van der Waals surface area contributed by atoms with Crippen molar-refractivity contribution in [2.45, 2.75) is 37.8 Å². The number of hydrogen-bond acceptors (Lipinski definition) is 7. The summed E-state index contributed by atoms with van der Waals surface area (Å²) in [5.41, 5.74) is 0.481. The van der Waals surface area contributed by atoms with Crippen molar-refractivity contribution in [2.24, 2.45) is 0 Å². The highest BCUT2D eigenvalue weighted by molar-refractivity contribution is 5.83. The molecular formula is C21H20FN5O4. The molecule has 0 N–H and O–H groups in total. The van der Waals surface area contributed by atoms with Crippen LogP contribution in [0.5, 0.6) is 0 Å². The van der Waals surface area contributed by atoms with Crippen LogP contribution in [0.1, 0.15) is 38.0 Å². The van der Waals surface area contributed by atoms with E-state index in [4.69, 9.17) is 14.0 Å². The maximum absolute atomic E-state index is 14.2. The second-order valence-corrected chi connectivity index (χ2v) is 8.23. The van der Waals surface area contributed by atoms with Crippen LogP contribution in [0.3, 0.4) is 0 Å². The molecule has 9 nitrogen and oxygen atoms in total. The molecule has 5 heterocycles. The molecule has 2 aliphatic rings. The Kier molecular flexibility index (Phi) is 4.03. The van der Waals surface area contributed by atoms with Gasteiger partial charge in [-0.25, -0.2) is 9.37 Å². The Morgan fingerprint density at radius 2 is 2.16 bits per heavy atom. The van der Waals surface area contributed by atoms with Gasteiger partial charge in [-0.1, -0.05) is 5.16 Å². The highest BCUT2D eigenvalue weighted by atomic mass is 19.1. The minimum absolute atomic E-state index is 0.0430. The summed E-state index contributed by atoms with van der Waals surface area (Å²) < 4.78 is 34.1. The molecule has 0 saturated carbocycles. The molecular weight excluding hydrogens is 405 g/mol. The van der Waals surface area contributed by atoms with E-state index in [-0.39, 0.29) is 17.3 Å². The second-order valence-electron chi connectivity index (χ2n) is 8.23. The van der Waals surface area contributed by atoms with Gasteiger partial charge in [0, 0.05) is 13.2 Å². The highest BCUT2D eigenvalue weighted by Gasteiger charge is 2.36. The summed E-state index contributed by atoms with van der Waals surface area (Å²) in [6.07, 6.45) is 3.80. The lowest BCUT2D eigenvalue weighted by atomic mass is 10.1. The molecule has 0 amide bonds. The number of hydrogen-bond donors (Lipinski definition) is 0. The first kappa shape index (κ1) is 18.6. The molecule has 1 aromatic carbocycles. The molecule has 0 radical (unpaired) electrons. The van der Waals surface area contributed by atoms with Gasteiger partial charge in [0.1, 0.15) is 29.1 Å². The number of benzene rings is 1. The molecule has 2 saturated heterocycles. The van der Waals surface area contributed by atoms with Crippen LogP contribution >= 0.6 is 0 Å². The number of nitrogens with zero attached hydrogens (tertiary/aromatic N) is 5. The molecule has 0 spiro atoms. The Hall–Kier alpha value is -3.11. The molecule has 0 bridgehead atoms. The normalized spacial score (nSPS) is 24.0. The Bertz CT molecular complexity index is 1360. The van der Waals surface area contributed by atoms with Gasteiger partial charge in [0.05, 0.1) is 23.6 Å². The van der Waals surface area contributed by atoms with Crippen molar-refractivity contribution in [3.8, 4) is 11.5 Å². The molecule has 2 atom stereocenters. The zero-order valence-electron chi connectivity index (χ0n) is 16.9. The van der Waals surface area contributed by atoms with E-state index in [1.54, 1.807) is 10.5 Å². The van der Waals surface area contributed by atoms with Gasteiger partial charge in [-0.15, -0.1) is 0 Å². The standard InChI is InChI=1S/C21H20FN5O4/c1-21(6-2-7-30-21)27-15-9-13(22)3-4-14(15)26-11-23-16(17(26)20(27)28)18-24-19(31-25-18)12-5-8-29-10-12/h3-4,9,11-12H,2,5-8,10H2,1H3. The van der Waals surface area contributed by atoms with Gasteiger partial charge in [-0.2, -0.15) is 4.98 Å². The maximum Gasteiger partial charge on any atom is 0.280 e. The van der Waals surface area contributed by atoms with E-state index in [2.05, 4.69) is 15.1 Å². The van der Waals surface area contributed by atoms with Gasteiger partial charge >= 0.3 is 0 Å². The first-order valence-corrected chi connectivity index (χ1v) is 10.3. The van der Waals surface area contributed by atoms with Crippen molar-refractivity contribution in [1.29, 1.82) is 0 Å². The van der Waals surface area contributed by atoms with E-state index in [1.165, 1.54) is 23.0 Å². The number of rotatable bonds is 3. The first-order valence-electron chi connectivity index (χ1n) is 10.3. The third-order valence-corrected chi connectivity index (χ3v) is 6.21. The molecule has 2 unspecified atom stereocenters. The summed E-state index contributed by atoms with van der Waals surface area (Å²) in [7, 11) is 0. The number of halogens is 1. The van der Waals surface area contributed by atoms with Crippen molar-refractivity contribution < 1.29 is 18.4 Å². The van der Waals surface area contributed by atoms with Gasteiger partial charge in [0.15, 0.2) is 0 Å². The van der Waals surface area contributed by atoms with Gasteiger partial charge in [0.2, 0.25) is 11.7 Å². The summed E-state index contributed by atoms with van der Waals surface area (Å²) in [5.74, 6) is 0.333. The minimum Gasteiger partial charge on any atom is -0.381 e. The highest BCUT2D eigenvalue weighted by Crippen LogP contribution is 2.34. The smallest absolute Gasteiger partial charge is 0.280 e. The fourth-order valence-corrected chi connectivity index (χ4v) is 4.63. The van der Waals surface area contributed by atoms with Crippen LogP contribution in [0, 0.1) is 5.82 Å². The number of imidazole rings is 1. The van der Waals surface area contributed by atoms with Crippen LogP contribution in [0.2, 0.25) is 0 Å². The molecule has 31 heavy (non-hydrogen) atoms. The van der Waals surface area contributed by atoms with Gasteiger partial charge in [-0.05, 0) is 44.4 Å². The SMILES string of the molecule is CC1(n2c(=O)c3c(-c4noc(C5CCOC5)n4)ncn3c3ccc(F)cc32)CCCO1. The minimum atomic E-state index is -0.879. The molecule has 0 aliphatic carbocycles. The number of fused-ring (bicyclic) bond motifs is 3. The Labute approximate surface area is 175 Å². The Balaban J connectivity index is 1.62. The van der Waals surface area contributed by atoms with E-state index < -0.39 is 11.5 Å². The third-order valence-electron chi connectivity index (χ3n) is 6.21. The van der Waals surface area contributed by atoms with Gasteiger partial charge in [-0.3, -0.25) is 13.8 Å². The maximum atomic E-state index is 14.2. The zero-order valence-corrected chi connectivity index (χ0v) is 16.9. The third kappa shape index (κ3) is 2.75.